The second kappa shape index (κ2) is 6.94. The van der Waals surface area contributed by atoms with Crippen LogP contribution in [0.4, 0.5) is 8.78 Å². The van der Waals surface area contributed by atoms with Gasteiger partial charge in [0.05, 0.1) is 11.9 Å². The fraction of sp³-hybridized carbons (Fsp3) is 0.316. The van der Waals surface area contributed by atoms with E-state index in [4.69, 9.17) is 0 Å². The van der Waals surface area contributed by atoms with Crippen LogP contribution in [0.25, 0.3) is 11.4 Å². The minimum Gasteiger partial charge on any atom is -0.333 e. The van der Waals surface area contributed by atoms with E-state index in [2.05, 4.69) is 24.9 Å². The minimum absolute atomic E-state index is 0.0367. The molecule has 1 aliphatic carbocycles. The summed E-state index contributed by atoms with van der Waals surface area (Å²) >= 11 is 0. The molecule has 0 aliphatic heterocycles. The second-order valence-electron chi connectivity index (χ2n) is 6.62. The van der Waals surface area contributed by atoms with Gasteiger partial charge in [-0.05, 0) is 48.9 Å². The third-order valence-corrected chi connectivity index (χ3v) is 4.76. The number of alkyl halides is 2. The number of halogens is 2. The number of hydrogen-bond acceptors (Lipinski definition) is 6. The van der Waals surface area contributed by atoms with Gasteiger partial charge >= 0.3 is 6.43 Å². The van der Waals surface area contributed by atoms with E-state index in [0.29, 0.717) is 23.2 Å². The molecular formula is C19H16F2N4O2. The molecule has 3 aromatic rings. The van der Waals surface area contributed by atoms with Crippen molar-refractivity contribution >= 4 is 5.78 Å². The maximum absolute atomic E-state index is 12.6. The van der Waals surface area contributed by atoms with E-state index in [1.807, 2.05) is 12.1 Å². The Balaban J connectivity index is 1.53. The molecule has 0 N–H and O–H groups in total. The zero-order valence-electron chi connectivity index (χ0n) is 14.5. The van der Waals surface area contributed by atoms with Gasteiger partial charge in [-0.25, -0.2) is 0 Å². The molecule has 0 saturated carbocycles. The average molecular weight is 370 g/mol. The van der Waals surface area contributed by atoms with Crippen LogP contribution in [0, 0.1) is 6.92 Å². The highest BCUT2D eigenvalue weighted by Gasteiger charge is 2.26. The van der Waals surface area contributed by atoms with Gasteiger partial charge < -0.3 is 4.52 Å². The van der Waals surface area contributed by atoms with Crippen molar-refractivity contribution in [3.8, 4) is 11.4 Å². The first-order chi connectivity index (χ1) is 13.0. The van der Waals surface area contributed by atoms with Crippen molar-refractivity contribution < 1.29 is 18.1 Å². The number of nitrogens with zero attached hydrogens (tertiary/aromatic N) is 4. The molecule has 138 valence electrons. The third-order valence-electron chi connectivity index (χ3n) is 4.76. The molecule has 0 radical (unpaired) electrons. The van der Waals surface area contributed by atoms with Gasteiger partial charge in [0, 0.05) is 17.5 Å². The molecule has 0 bridgehead atoms. The fourth-order valence-corrected chi connectivity index (χ4v) is 3.47. The molecule has 1 atom stereocenters. The largest absolute Gasteiger partial charge is 0.333 e. The van der Waals surface area contributed by atoms with E-state index >= 15 is 0 Å². The zero-order chi connectivity index (χ0) is 19.0. The smallest absolute Gasteiger partial charge is 0.315 e. The fourth-order valence-electron chi connectivity index (χ4n) is 3.47. The Morgan fingerprint density at radius 3 is 2.93 bits per heavy atom. The lowest BCUT2D eigenvalue weighted by Gasteiger charge is -2.11. The van der Waals surface area contributed by atoms with Crippen LogP contribution in [-0.4, -0.2) is 26.1 Å². The van der Waals surface area contributed by atoms with E-state index in [1.165, 1.54) is 6.20 Å². The van der Waals surface area contributed by atoms with Gasteiger partial charge in [-0.15, -0.1) is 0 Å². The lowest BCUT2D eigenvalue weighted by molar-refractivity contribution is 0.0972. The van der Waals surface area contributed by atoms with Crippen molar-refractivity contribution in [2.24, 2.45) is 0 Å². The zero-order valence-corrected chi connectivity index (χ0v) is 14.5. The summed E-state index contributed by atoms with van der Waals surface area (Å²) in [5.41, 5.74) is 4.09. The summed E-state index contributed by atoms with van der Waals surface area (Å²) in [5, 5.41) is 11.3. The van der Waals surface area contributed by atoms with Gasteiger partial charge in [0.25, 0.3) is 5.89 Å². The lowest BCUT2D eigenvalue weighted by atomic mass is 9.93. The van der Waals surface area contributed by atoms with Crippen molar-refractivity contribution in [3.05, 3.63) is 58.7 Å². The number of aryl methyl sites for hydroxylation is 2. The number of aromatic nitrogens is 4. The van der Waals surface area contributed by atoms with Gasteiger partial charge in [0.2, 0.25) is 5.82 Å². The van der Waals surface area contributed by atoms with Gasteiger partial charge in [-0.1, -0.05) is 17.3 Å². The Morgan fingerprint density at radius 2 is 2.19 bits per heavy atom. The van der Waals surface area contributed by atoms with E-state index < -0.39 is 12.3 Å². The molecule has 0 saturated heterocycles. The summed E-state index contributed by atoms with van der Waals surface area (Å²) in [6, 6.07) is 7.33. The third kappa shape index (κ3) is 3.47. The highest BCUT2D eigenvalue weighted by atomic mass is 19.3. The number of benzene rings is 1. The van der Waals surface area contributed by atoms with Crippen molar-refractivity contribution in [2.75, 3.05) is 0 Å². The average Bonchev–Trinajstić information content (AvgIpc) is 3.29. The quantitative estimate of drug-likeness (QED) is 0.630. The molecule has 2 aromatic heterocycles. The second-order valence-corrected chi connectivity index (χ2v) is 6.62. The van der Waals surface area contributed by atoms with E-state index in [9.17, 15) is 13.6 Å². The number of ketones is 1. The van der Waals surface area contributed by atoms with Gasteiger partial charge in [0.15, 0.2) is 5.78 Å². The number of fused-ring (bicyclic) bond motifs is 1. The van der Waals surface area contributed by atoms with E-state index in [1.54, 1.807) is 19.1 Å². The van der Waals surface area contributed by atoms with Crippen LogP contribution in [0.5, 0.6) is 0 Å². The Morgan fingerprint density at radius 1 is 1.33 bits per heavy atom. The standard InChI is InChI=1S/C19H16F2N4O2/c1-10-6-14(9-22-24-10)16(26)8-12-3-2-11-7-13(4-5-15(11)12)18-23-19(17(20)21)27-25-18/h4-7,9,12,17H,2-3,8H2,1H3/t12-/m0/s1. The topological polar surface area (TPSA) is 81.8 Å². The summed E-state index contributed by atoms with van der Waals surface area (Å²) < 4.78 is 29.8. The lowest BCUT2D eigenvalue weighted by Crippen LogP contribution is -2.07. The van der Waals surface area contributed by atoms with Crippen LogP contribution < -0.4 is 0 Å². The van der Waals surface area contributed by atoms with Crippen molar-refractivity contribution in [3.63, 3.8) is 0 Å². The summed E-state index contributed by atoms with van der Waals surface area (Å²) in [5.74, 6) is -0.382. The number of carbonyl (C=O) groups excluding carboxylic acids is 1. The van der Waals surface area contributed by atoms with Crippen LogP contribution in [-0.2, 0) is 6.42 Å². The molecular weight excluding hydrogens is 354 g/mol. The van der Waals surface area contributed by atoms with Crippen LogP contribution in [0.1, 0.15) is 58.3 Å². The molecule has 0 fully saturated rings. The Kier molecular flexibility index (Phi) is 4.47. The van der Waals surface area contributed by atoms with E-state index in [-0.39, 0.29) is 17.5 Å². The summed E-state index contributed by atoms with van der Waals surface area (Å²) in [4.78, 5) is 16.3. The Hall–Kier alpha value is -3.03. The first-order valence-electron chi connectivity index (χ1n) is 8.58. The summed E-state index contributed by atoms with van der Waals surface area (Å²) in [7, 11) is 0. The first kappa shape index (κ1) is 17.4. The highest BCUT2D eigenvalue weighted by Crippen LogP contribution is 2.38. The Bertz CT molecular complexity index is 1000. The molecule has 27 heavy (non-hydrogen) atoms. The summed E-state index contributed by atoms with van der Waals surface area (Å²) in [6.45, 7) is 1.80. The molecule has 1 aromatic carbocycles. The van der Waals surface area contributed by atoms with Crippen LogP contribution in [0.15, 0.2) is 35.0 Å². The van der Waals surface area contributed by atoms with Crippen molar-refractivity contribution in [1.82, 2.24) is 20.3 Å². The normalized spacial score (nSPS) is 15.9. The molecule has 0 unspecified atom stereocenters. The summed E-state index contributed by atoms with van der Waals surface area (Å²) in [6.07, 6.45) is 0.771. The number of Topliss-reactive ketones (excluding diaryl/α,β-unsaturated/α-hetero) is 1. The highest BCUT2D eigenvalue weighted by molar-refractivity contribution is 5.96. The molecule has 4 rings (SSSR count). The molecule has 6 nitrogen and oxygen atoms in total. The van der Waals surface area contributed by atoms with Crippen LogP contribution in [0.2, 0.25) is 0 Å². The molecule has 2 heterocycles. The predicted octanol–water partition coefficient (Wildman–Crippen LogP) is 4.08. The first-order valence-corrected chi connectivity index (χ1v) is 8.58. The molecule has 0 spiro atoms. The minimum atomic E-state index is -2.79. The van der Waals surface area contributed by atoms with Gasteiger partial charge in [-0.2, -0.15) is 24.0 Å². The molecule has 1 aliphatic rings. The maximum Gasteiger partial charge on any atom is 0.315 e. The molecule has 0 amide bonds. The maximum atomic E-state index is 12.6. The SMILES string of the molecule is Cc1cc(C(=O)C[C@@H]2CCc3cc(-c4noc(C(F)F)n4)ccc32)cnn1. The van der Waals surface area contributed by atoms with Crippen molar-refractivity contribution in [1.29, 1.82) is 0 Å². The number of carbonyl (C=O) groups is 1. The number of hydrogen-bond donors (Lipinski definition) is 0. The molecule has 8 heteroatoms. The monoisotopic (exact) mass is 370 g/mol. The van der Waals surface area contributed by atoms with Crippen LogP contribution in [0.3, 0.4) is 0 Å². The number of rotatable bonds is 5. The van der Waals surface area contributed by atoms with Crippen molar-refractivity contribution in [2.45, 2.75) is 38.5 Å². The Labute approximate surface area is 153 Å². The van der Waals surface area contributed by atoms with Gasteiger partial charge in [-0.3, -0.25) is 4.79 Å². The van der Waals surface area contributed by atoms with Crippen LogP contribution >= 0.6 is 0 Å². The predicted molar refractivity (Wildman–Crippen MR) is 91.5 cm³/mol. The van der Waals surface area contributed by atoms with E-state index in [0.717, 1.165) is 24.0 Å². The van der Waals surface area contributed by atoms with Gasteiger partial charge in [0.1, 0.15) is 0 Å².